The maximum atomic E-state index is 10.7. The van der Waals surface area contributed by atoms with E-state index in [1.54, 1.807) is 7.11 Å². The van der Waals surface area contributed by atoms with Crippen molar-refractivity contribution >= 4 is 0 Å². The number of aliphatic hydroxyl groups is 1. The summed E-state index contributed by atoms with van der Waals surface area (Å²) in [6.07, 6.45) is 2.52. The lowest BCUT2D eigenvalue weighted by Gasteiger charge is -2.25. The molecule has 0 aliphatic heterocycles. The van der Waals surface area contributed by atoms with Crippen molar-refractivity contribution in [1.29, 1.82) is 0 Å². The van der Waals surface area contributed by atoms with Gasteiger partial charge in [-0.05, 0) is 49.4 Å². The van der Waals surface area contributed by atoms with Crippen molar-refractivity contribution in [2.75, 3.05) is 26.9 Å². The number of aryl methyl sites for hydroxylation is 1. The smallest absolute Gasteiger partial charge is 0.227 e. The number of aliphatic hydroxyl groups excluding tert-OH is 1. The molecule has 2 aromatic carbocycles. The molecule has 0 bridgehead atoms. The molecule has 1 fully saturated rings. The van der Waals surface area contributed by atoms with Crippen LogP contribution in [0.3, 0.4) is 0 Å². The van der Waals surface area contributed by atoms with Gasteiger partial charge in [-0.25, -0.2) is 4.68 Å². The molecule has 0 unspecified atom stereocenters. The molecule has 0 radical (unpaired) electrons. The van der Waals surface area contributed by atoms with Crippen LogP contribution < -0.4 is 9.47 Å². The Morgan fingerprint density at radius 1 is 1.06 bits per heavy atom. The zero-order chi connectivity index (χ0) is 25.5. The van der Waals surface area contributed by atoms with E-state index in [4.69, 9.17) is 19.3 Å². The summed E-state index contributed by atoms with van der Waals surface area (Å²) < 4.78 is 19.5. The summed E-state index contributed by atoms with van der Waals surface area (Å²) in [5.74, 6) is 2.57. The van der Waals surface area contributed by atoms with Gasteiger partial charge in [0.25, 0.3) is 0 Å². The third-order valence-corrected chi connectivity index (χ3v) is 6.24. The fourth-order valence-corrected chi connectivity index (χ4v) is 4.29. The molecule has 1 saturated carbocycles. The molecule has 1 atom stereocenters. The number of ether oxygens (including phenoxy) is 3. The van der Waals surface area contributed by atoms with Gasteiger partial charge in [-0.15, -0.1) is 0 Å². The van der Waals surface area contributed by atoms with Crippen LogP contribution in [0.2, 0.25) is 0 Å². The Morgan fingerprint density at radius 3 is 2.47 bits per heavy atom. The number of rotatable bonds is 14. The first-order valence-corrected chi connectivity index (χ1v) is 13.0. The minimum absolute atomic E-state index is 0.346. The van der Waals surface area contributed by atoms with Gasteiger partial charge in [-0.2, -0.15) is 5.10 Å². The molecule has 1 heterocycles. The molecule has 1 aromatic heterocycles. The lowest BCUT2D eigenvalue weighted by atomic mass is 10.1. The van der Waals surface area contributed by atoms with Crippen molar-refractivity contribution in [2.45, 2.75) is 58.7 Å². The zero-order valence-corrected chi connectivity index (χ0v) is 21.9. The molecule has 0 saturated heterocycles. The third-order valence-electron chi connectivity index (χ3n) is 6.24. The van der Waals surface area contributed by atoms with Crippen LogP contribution in [-0.4, -0.2) is 58.8 Å². The standard InChI is InChI=1S/C29H39N3O4/c1-5-28-27(18-31(22-14-15-22)17-24(33)20-35-19-21(2)3)29(32(30-28)23-10-7-6-8-11-23)36-26-13-9-12-25(16-26)34-4/h6-13,16,21-22,24,33H,5,14-15,17-20H2,1-4H3/t24-/m1/s1. The highest BCUT2D eigenvalue weighted by Crippen LogP contribution is 2.36. The van der Waals surface area contributed by atoms with Crippen LogP contribution in [0.4, 0.5) is 0 Å². The molecule has 36 heavy (non-hydrogen) atoms. The Kier molecular flexibility index (Phi) is 9.02. The van der Waals surface area contributed by atoms with Crippen LogP contribution in [0.1, 0.15) is 44.9 Å². The third kappa shape index (κ3) is 6.87. The second kappa shape index (κ2) is 12.4. The van der Waals surface area contributed by atoms with E-state index in [0.29, 0.717) is 49.9 Å². The quantitative estimate of drug-likeness (QED) is 0.332. The predicted octanol–water partition coefficient (Wildman–Crippen LogP) is 5.23. The average molecular weight is 494 g/mol. The Morgan fingerprint density at radius 2 is 1.81 bits per heavy atom. The minimum atomic E-state index is -0.540. The van der Waals surface area contributed by atoms with Gasteiger partial charge in [-0.3, -0.25) is 4.90 Å². The van der Waals surface area contributed by atoms with Gasteiger partial charge in [-0.1, -0.05) is 45.0 Å². The second-order valence-corrected chi connectivity index (χ2v) is 9.86. The fraction of sp³-hybridized carbons (Fsp3) is 0.483. The average Bonchev–Trinajstić information content (AvgIpc) is 3.68. The lowest BCUT2D eigenvalue weighted by Crippen LogP contribution is -2.36. The zero-order valence-electron chi connectivity index (χ0n) is 21.9. The summed E-state index contributed by atoms with van der Waals surface area (Å²) in [5.41, 5.74) is 2.98. The molecular weight excluding hydrogens is 454 g/mol. The van der Waals surface area contributed by atoms with E-state index in [0.717, 1.165) is 42.0 Å². The number of aromatic nitrogens is 2. The molecule has 1 aliphatic rings. The maximum absolute atomic E-state index is 10.7. The molecule has 0 amide bonds. The number of nitrogens with zero attached hydrogens (tertiary/aromatic N) is 3. The van der Waals surface area contributed by atoms with Gasteiger partial charge in [0, 0.05) is 31.8 Å². The number of para-hydroxylation sites is 1. The van der Waals surface area contributed by atoms with Gasteiger partial charge < -0.3 is 19.3 Å². The van der Waals surface area contributed by atoms with Gasteiger partial charge in [0.15, 0.2) is 0 Å². The Bertz CT molecular complexity index is 1100. The molecular formula is C29H39N3O4. The molecule has 7 heteroatoms. The highest BCUT2D eigenvalue weighted by atomic mass is 16.5. The molecule has 3 aromatic rings. The maximum Gasteiger partial charge on any atom is 0.227 e. The monoisotopic (exact) mass is 493 g/mol. The first-order chi connectivity index (χ1) is 17.5. The topological polar surface area (TPSA) is 69.0 Å². The number of hydrogen-bond donors (Lipinski definition) is 1. The van der Waals surface area contributed by atoms with Crippen molar-refractivity contribution < 1.29 is 19.3 Å². The second-order valence-electron chi connectivity index (χ2n) is 9.86. The van der Waals surface area contributed by atoms with E-state index in [9.17, 15) is 5.11 Å². The summed E-state index contributed by atoms with van der Waals surface area (Å²) in [6.45, 7) is 8.56. The van der Waals surface area contributed by atoms with E-state index in [-0.39, 0.29) is 0 Å². The summed E-state index contributed by atoms with van der Waals surface area (Å²) in [6, 6.07) is 18.1. The fourth-order valence-electron chi connectivity index (χ4n) is 4.29. The van der Waals surface area contributed by atoms with E-state index >= 15 is 0 Å². The lowest BCUT2D eigenvalue weighted by molar-refractivity contribution is 0.00535. The van der Waals surface area contributed by atoms with Crippen LogP contribution in [0.25, 0.3) is 5.69 Å². The first kappa shape index (κ1) is 26.2. The van der Waals surface area contributed by atoms with Crippen molar-refractivity contribution in [1.82, 2.24) is 14.7 Å². The number of benzene rings is 2. The van der Waals surface area contributed by atoms with Gasteiger partial charge in [0.05, 0.1) is 36.8 Å². The Labute approximate surface area is 214 Å². The highest BCUT2D eigenvalue weighted by Gasteiger charge is 2.33. The van der Waals surface area contributed by atoms with Gasteiger partial charge >= 0.3 is 0 Å². The highest BCUT2D eigenvalue weighted by molar-refractivity contribution is 5.44. The van der Waals surface area contributed by atoms with E-state index in [1.807, 2.05) is 59.3 Å². The van der Waals surface area contributed by atoms with Crippen molar-refractivity contribution in [2.24, 2.45) is 5.92 Å². The largest absolute Gasteiger partial charge is 0.497 e. The molecule has 4 rings (SSSR count). The van der Waals surface area contributed by atoms with E-state index in [1.165, 1.54) is 0 Å². The van der Waals surface area contributed by atoms with Crippen molar-refractivity contribution in [3.8, 4) is 23.1 Å². The van der Waals surface area contributed by atoms with Crippen molar-refractivity contribution in [3.63, 3.8) is 0 Å². The van der Waals surface area contributed by atoms with Crippen LogP contribution in [0.5, 0.6) is 17.4 Å². The van der Waals surface area contributed by atoms with Crippen LogP contribution in [-0.2, 0) is 17.7 Å². The normalized spacial score (nSPS) is 14.4. The van der Waals surface area contributed by atoms with E-state index < -0.39 is 6.10 Å². The summed E-state index contributed by atoms with van der Waals surface area (Å²) >= 11 is 0. The van der Waals surface area contributed by atoms with Gasteiger partial charge in [0.2, 0.25) is 5.88 Å². The van der Waals surface area contributed by atoms with E-state index in [2.05, 4.69) is 25.7 Å². The first-order valence-electron chi connectivity index (χ1n) is 13.0. The van der Waals surface area contributed by atoms with Gasteiger partial charge in [0.1, 0.15) is 11.5 Å². The molecule has 194 valence electrons. The molecule has 7 nitrogen and oxygen atoms in total. The van der Waals surface area contributed by atoms with Crippen LogP contribution in [0, 0.1) is 5.92 Å². The van der Waals surface area contributed by atoms with Crippen molar-refractivity contribution in [3.05, 3.63) is 65.9 Å². The summed E-state index contributed by atoms with van der Waals surface area (Å²) in [4.78, 5) is 2.35. The molecule has 1 N–H and O–H groups in total. The Balaban J connectivity index is 1.64. The SMILES string of the molecule is CCc1nn(-c2ccccc2)c(Oc2cccc(OC)c2)c1CN(C[C@@H](O)COCC(C)C)C1CC1. The predicted molar refractivity (Wildman–Crippen MR) is 141 cm³/mol. The number of hydrogen-bond acceptors (Lipinski definition) is 6. The molecule has 1 aliphatic carbocycles. The number of methoxy groups -OCH3 is 1. The molecule has 0 spiro atoms. The van der Waals surface area contributed by atoms with Crippen LogP contribution >= 0.6 is 0 Å². The minimum Gasteiger partial charge on any atom is -0.497 e. The van der Waals surface area contributed by atoms with Crippen LogP contribution in [0.15, 0.2) is 54.6 Å². The Hall–Kier alpha value is -2.87. The summed E-state index contributed by atoms with van der Waals surface area (Å²) in [7, 11) is 1.65. The summed E-state index contributed by atoms with van der Waals surface area (Å²) in [5, 5.41) is 15.7.